The van der Waals surface area contributed by atoms with Crippen LogP contribution in [0.2, 0.25) is 0 Å². The molecule has 128 valence electrons. The van der Waals surface area contributed by atoms with Crippen molar-refractivity contribution in [1.29, 1.82) is 5.41 Å². The van der Waals surface area contributed by atoms with Crippen LogP contribution in [0.1, 0.15) is 11.1 Å². The number of rotatable bonds is 1. The fourth-order valence-electron chi connectivity index (χ4n) is 2.69. The van der Waals surface area contributed by atoms with Crippen LogP contribution < -0.4 is 0 Å². The molecule has 3 aliphatic rings. The second-order valence-corrected chi connectivity index (χ2v) is 6.85. The average molecular weight is 355 g/mol. The zero-order chi connectivity index (χ0) is 17.4. The minimum atomic E-state index is -0.400. The molecule has 3 heterocycles. The number of nitrogens with one attached hydrogen (secondary N) is 1. The molecule has 1 saturated heterocycles. The number of thioether (sulfide) groups is 1. The molecule has 0 unspecified atom stereocenters. The Morgan fingerprint density at radius 1 is 1.20 bits per heavy atom. The fraction of sp³-hybridized carbons (Fsp3) is 0.294. The van der Waals surface area contributed by atoms with Crippen LogP contribution in [0.3, 0.4) is 0 Å². The lowest BCUT2D eigenvalue weighted by Crippen LogP contribution is -2.39. The molecule has 1 aromatic carbocycles. The Morgan fingerprint density at radius 2 is 1.92 bits per heavy atom. The summed E-state index contributed by atoms with van der Waals surface area (Å²) in [6.45, 7) is 4.81. The Labute approximate surface area is 149 Å². The third kappa shape index (κ3) is 3.10. The van der Waals surface area contributed by atoms with Gasteiger partial charge in [-0.25, -0.2) is 0 Å². The first-order chi connectivity index (χ1) is 12.1. The van der Waals surface area contributed by atoms with Crippen molar-refractivity contribution < 1.29 is 9.53 Å². The molecule has 8 heteroatoms. The molecule has 0 aliphatic carbocycles. The molecule has 0 aromatic heterocycles. The molecule has 3 aliphatic heterocycles. The van der Waals surface area contributed by atoms with Crippen LogP contribution in [-0.4, -0.2) is 58.3 Å². The van der Waals surface area contributed by atoms with E-state index >= 15 is 0 Å². The molecule has 0 atom stereocenters. The normalized spacial score (nSPS) is 22.2. The van der Waals surface area contributed by atoms with Crippen molar-refractivity contribution in [1.82, 2.24) is 9.91 Å². The first-order valence-electron chi connectivity index (χ1n) is 8.01. The molecule has 1 aromatic rings. The van der Waals surface area contributed by atoms with Crippen molar-refractivity contribution >= 4 is 39.9 Å². The van der Waals surface area contributed by atoms with Crippen molar-refractivity contribution in [2.45, 2.75) is 6.92 Å². The van der Waals surface area contributed by atoms with Gasteiger partial charge in [-0.1, -0.05) is 29.8 Å². The fourth-order valence-corrected chi connectivity index (χ4v) is 3.64. The quantitative estimate of drug-likeness (QED) is 0.778. The van der Waals surface area contributed by atoms with Gasteiger partial charge >= 0.3 is 0 Å². The number of hydrazone groups is 1. The summed E-state index contributed by atoms with van der Waals surface area (Å²) in [5.74, 6) is -0.339. The van der Waals surface area contributed by atoms with E-state index in [2.05, 4.69) is 15.0 Å². The van der Waals surface area contributed by atoms with E-state index in [1.807, 2.05) is 31.2 Å². The SMILES string of the molecule is Cc1ccc(/C=C2/C(=N)N3N=C(N4CCOCC4)SC3=NC2=O)cc1. The summed E-state index contributed by atoms with van der Waals surface area (Å²) < 4.78 is 5.35. The standard InChI is InChI=1S/C17H17N5O2S/c1-11-2-4-12(5-3-11)10-13-14(18)22-16(19-15(13)23)25-17(20-22)21-6-8-24-9-7-21/h2-5,10,18H,6-9H2,1H3/b13-10-,18-14?. The van der Waals surface area contributed by atoms with E-state index < -0.39 is 5.91 Å². The number of amidine groups is 3. The van der Waals surface area contributed by atoms with E-state index in [1.165, 1.54) is 16.8 Å². The second kappa shape index (κ2) is 6.45. The molecule has 0 saturated carbocycles. The predicted octanol–water partition coefficient (Wildman–Crippen LogP) is 1.90. The lowest BCUT2D eigenvalue weighted by Gasteiger charge is -2.26. The van der Waals surface area contributed by atoms with Crippen molar-refractivity contribution in [3.05, 3.63) is 41.0 Å². The summed E-state index contributed by atoms with van der Waals surface area (Å²) in [4.78, 5) is 18.6. The van der Waals surface area contributed by atoms with Crippen LogP contribution in [0.4, 0.5) is 0 Å². The van der Waals surface area contributed by atoms with Crippen LogP contribution in [0.5, 0.6) is 0 Å². The monoisotopic (exact) mass is 355 g/mol. The van der Waals surface area contributed by atoms with E-state index in [4.69, 9.17) is 10.1 Å². The van der Waals surface area contributed by atoms with E-state index in [0.717, 1.165) is 29.4 Å². The third-order valence-corrected chi connectivity index (χ3v) is 5.08. The molecule has 25 heavy (non-hydrogen) atoms. The van der Waals surface area contributed by atoms with E-state index in [9.17, 15) is 4.79 Å². The molecular weight excluding hydrogens is 338 g/mol. The number of carbonyl (C=O) groups is 1. The topological polar surface area (TPSA) is 81.3 Å². The molecule has 1 N–H and O–H groups in total. The van der Waals surface area contributed by atoms with Crippen molar-refractivity contribution in [3.8, 4) is 0 Å². The smallest absolute Gasteiger partial charge is 0.283 e. The van der Waals surface area contributed by atoms with Gasteiger partial charge in [0.05, 0.1) is 18.8 Å². The summed E-state index contributed by atoms with van der Waals surface area (Å²) in [7, 11) is 0. The Bertz CT molecular complexity index is 822. The van der Waals surface area contributed by atoms with Gasteiger partial charge in [0.25, 0.3) is 5.91 Å². The number of ether oxygens (including phenoxy) is 1. The predicted molar refractivity (Wildman–Crippen MR) is 98.6 cm³/mol. The highest BCUT2D eigenvalue weighted by Gasteiger charge is 2.37. The molecule has 0 radical (unpaired) electrons. The molecule has 7 nitrogen and oxygen atoms in total. The molecule has 1 amide bonds. The summed E-state index contributed by atoms with van der Waals surface area (Å²) in [6.07, 6.45) is 1.69. The van der Waals surface area contributed by atoms with E-state index in [0.29, 0.717) is 18.4 Å². The maximum Gasteiger partial charge on any atom is 0.283 e. The summed E-state index contributed by atoms with van der Waals surface area (Å²) in [6, 6.07) is 7.78. The maximum absolute atomic E-state index is 12.4. The number of carbonyl (C=O) groups excluding carboxylic acids is 1. The zero-order valence-corrected chi connectivity index (χ0v) is 14.5. The van der Waals surface area contributed by atoms with Crippen LogP contribution in [0, 0.1) is 12.3 Å². The molecule has 1 fully saturated rings. The first-order valence-corrected chi connectivity index (χ1v) is 8.83. The van der Waals surface area contributed by atoms with Crippen LogP contribution in [0.15, 0.2) is 39.9 Å². The molecule has 0 bridgehead atoms. The maximum atomic E-state index is 12.4. The van der Waals surface area contributed by atoms with Gasteiger partial charge in [0.1, 0.15) is 0 Å². The van der Waals surface area contributed by atoms with E-state index in [-0.39, 0.29) is 11.4 Å². The highest BCUT2D eigenvalue weighted by molar-refractivity contribution is 8.26. The van der Waals surface area contributed by atoms with Crippen LogP contribution in [0.25, 0.3) is 6.08 Å². The Hall–Kier alpha value is -2.45. The van der Waals surface area contributed by atoms with Crippen LogP contribution >= 0.6 is 11.8 Å². The van der Waals surface area contributed by atoms with Gasteiger partial charge < -0.3 is 9.64 Å². The van der Waals surface area contributed by atoms with Gasteiger partial charge in [-0.05, 0) is 30.3 Å². The first kappa shape index (κ1) is 16.0. The van der Waals surface area contributed by atoms with Gasteiger partial charge in [-0.2, -0.15) is 10.0 Å². The molecule has 4 rings (SSSR count). The number of aryl methyl sites for hydroxylation is 1. The molecule has 0 spiro atoms. The number of fused-ring (bicyclic) bond motifs is 1. The Morgan fingerprint density at radius 3 is 2.64 bits per heavy atom. The van der Waals surface area contributed by atoms with Gasteiger partial charge in [0, 0.05) is 13.1 Å². The van der Waals surface area contributed by atoms with Gasteiger partial charge in [0.2, 0.25) is 5.17 Å². The lowest BCUT2D eigenvalue weighted by molar-refractivity contribution is -0.114. The number of morpholine rings is 1. The van der Waals surface area contributed by atoms with Crippen LogP contribution in [-0.2, 0) is 9.53 Å². The number of hydrogen-bond donors (Lipinski definition) is 1. The number of aliphatic imine (C=N–C) groups is 1. The Kier molecular flexibility index (Phi) is 4.14. The number of nitrogens with zero attached hydrogens (tertiary/aromatic N) is 4. The molecular formula is C17H17N5O2S. The average Bonchev–Trinajstić information content (AvgIpc) is 3.05. The number of benzene rings is 1. The minimum Gasteiger partial charge on any atom is -0.378 e. The number of hydrogen-bond acceptors (Lipinski definition) is 6. The third-order valence-electron chi connectivity index (χ3n) is 4.11. The summed E-state index contributed by atoms with van der Waals surface area (Å²) in [5.41, 5.74) is 2.25. The van der Waals surface area contributed by atoms with Gasteiger partial charge in [-0.15, -0.1) is 5.10 Å². The second-order valence-electron chi connectivity index (χ2n) is 5.91. The number of amides is 1. The van der Waals surface area contributed by atoms with Crippen molar-refractivity contribution in [2.75, 3.05) is 26.3 Å². The summed E-state index contributed by atoms with van der Waals surface area (Å²) >= 11 is 1.33. The van der Waals surface area contributed by atoms with Gasteiger partial charge in [-0.3, -0.25) is 10.2 Å². The highest BCUT2D eigenvalue weighted by atomic mass is 32.2. The highest BCUT2D eigenvalue weighted by Crippen LogP contribution is 2.29. The zero-order valence-electron chi connectivity index (χ0n) is 13.7. The minimum absolute atomic E-state index is 0.0614. The largest absolute Gasteiger partial charge is 0.378 e. The van der Waals surface area contributed by atoms with E-state index in [1.54, 1.807) is 6.08 Å². The van der Waals surface area contributed by atoms with Crippen molar-refractivity contribution in [2.24, 2.45) is 10.1 Å². The Balaban J connectivity index is 1.62. The summed E-state index contributed by atoms with van der Waals surface area (Å²) in [5, 5.41) is 15.5. The lowest BCUT2D eigenvalue weighted by atomic mass is 10.1. The van der Waals surface area contributed by atoms with Crippen molar-refractivity contribution in [3.63, 3.8) is 0 Å². The van der Waals surface area contributed by atoms with Gasteiger partial charge in [0.15, 0.2) is 11.0 Å².